The molecule has 0 aliphatic carbocycles. The van der Waals surface area contributed by atoms with Crippen LogP contribution >= 0.6 is 23.2 Å². The van der Waals surface area contributed by atoms with Crippen molar-refractivity contribution in [1.82, 2.24) is 9.78 Å². The number of aryl methyl sites for hydroxylation is 1. The third-order valence-electron chi connectivity index (χ3n) is 3.24. The number of rotatable bonds is 3. The molecule has 1 heterocycles. The van der Waals surface area contributed by atoms with Gasteiger partial charge in [-0.3, -0.25) is 9.89 Å². The summed E-state index contributed by atoms with van der Waals surface area (Å²) in [6.07, 6.45) is 0. The Morgan fingerprint density at radius 3 is 2.30 bits per heavy atom. The largest absolute Gasteiger partial charge is 0.299 e. The van der Waals surface area contributed by atoms with Crippen LogP contribution in [0.25, 0.3) is 5.69 Å². The molecule has 0 aliphatic heterocycles. The van der Waals surface area contributed by atoms with Crippen molar-refractivity contribution in [1.29, 1.82) is 0 Å². The van der Waals surface area contributed by atoms with Gasteiger partial charge in [-0.15, -0.1) is 10.2 Å². The average Bonchev–Trinajstić information content (AvgIpc) is 2.82. The Labute approximate surface area is 142 Å². The van der Waals surface area contributed by atoms with Gasteiger partial charge in [0.2, 0.25) is 0 Å². The second-order valence-electron chi connectivity index (χ2n) is 4.83. The van der Waals surface area contributed by atoms with Crippen LogP contribution in [0.3, 0.4) is 0 Å². The molecule has 2 aromatic carbocycles. The van der Waals surface area contributed by atoms with E-state index in [1.807, 2.05) is 0 Å². The molecule has 0 saturated carbocycles. The van der Waals surface area contributed by atoms with Crippen LogP contribution < -0.4 is 5.56 Å². The lowest BCUT2D eigenvalue weighted by Crippen LogP contribution is -2.14. The highest BCUT2D eigenvalue weighted by Gasteiger charge is 2.14. The fraction of sp³-hybridized carbons (Fsp3) is 0.0625. The van der Waals surface area contributed by atoms with Gasteiger partial charge in [0.05, 0.1) is 21.4 Å². The monoisotopic (exact) mass is 346 g/mol. The van der Waals surface area contributed by atoms with Gasteiger partial charge < -0.3 is 0 Å². The van der Waals surface area contributed by atoms with Gasteiger partial charge in [-0.2, -0.15) is 0 Å². The predicted octanol–water partition coefficient (Wildman–Crippen LogP) is 5.20. The van der Waals surface area contributed by atoms with Crippen LogP contribution in [0.4, 0.5) is 11.4 Å². The summed E-state index contributed by atoms with van der Waals surface area (Å²) in [5, 5.41) is 12.0. The first kappa shape index (κ1) is 15.5. The Kier molecular flexibility index (Phi) is 4.32. The van der Waals surface area contributed by atoms with Gasteiger partial charge in [0.1, 0.15) is 5.69 Å². The molecular formula is C16H12Cl2N4O. The molecule has 23 heavy (non-hydrogen) atoms. The predicted molar refractivity (Wildman–Crippen MR) is 91.8 cm³/mol. The Bertz CT molecular complexity index is 943. The minimum Gasteiger partial charge on any atom is -0.293 e. The number of H-pyrrole nitrogens is 1. The zero-order valence-electron chi connectivity index (χ0n) is 12.1. The fourth-order valence-electron chi connectivity index (χ4n) is 2.09. The van der Waals surface area contributed by atoms with Crippen LogP contribution in [0, 0.1) is 6.92 Å². The number of halogens is 2. The van der Waals surface area contributed by atoms with Gasteiger partial charge in [-0.25, -0.2) is 4.68 Å². The Morgan fingerprint density at radius 1 is 0.957 bits per heavy atom. The van der Waals surface area contributed by atoms with E-state index in [0.29, 0.717) is 27.1 Å². The molecule has 0 bridgehead atoms. The molecule has 0 saturated heterocycles. The molecule has 3 rings (SSSR count). The van der Waals surface area contributed by atoms with E-state index in [9.17, 15) is 4.79 Å². The summed E-state index contributed by atoms with van der Waals surface area (Å²) >= 11 is 12.2. The van der Waals surface area contributed by atoms with Gasteiger partial charge >= 0.3 is 0 Å². The summed E-state index contributed by atoms with van der Waals surface area (Å²) in [4.78, 5) is 12.5. The smallest absolute Gasteiger partial charge is 0.293 e. The van der Waals surface area contributed by atoms with Crippen LogP contribution in [0.5, 0.6) is 0 Å². The normalized spacial score (nSPS) is 11.3. The molecule has 116 valence electrons. The molecule has 0 atom stereocenters. The van der Waals surface area contributed by atoms with E-state index in [-0.39, 0.29) is 11.2 Å². The minimum absolute atomic E-state index is 0.213. The van der Waals surface area contributed by atoms with Crippen molar-refractivity contribution in [2.45, 2.75) is 6.92 Å². The first-order valence-corrected chi connectivity index (χ1v) is 7.56. The van der Waals surface area contributed by atoms with Crippen LogP contribution in [0.1, 0.15) is 5.69 Å². The van der Waals surface area contributed by atoms with Gasteiger partial charge in [0.25, 0.3) is 5.56 Å². The quantitative estimate of drug-likeness (QED) is 0.651. The van der Waals surface area contributed by atoms with Gasteiger partial charge in [-0.05, 0) is 31.2 Å². The molecule has 1 N–H and O–H groups in total. The third-order valence-corrected chi connectivity index (χ3v) is 3.88. The van der Waals surface area contributed by atoms with E-state index in [1.54, 1.807) is 55.5 Å². The number of hydrogen-bond donors (Lipinski definition) is 1. The number of nitrogens with zero attached hydrogens (tertiary/aromatic N) is 3. The van der Waals surface area contributed by atoms with Crippen LogP contribution in [0.2, 0.25) is 10.0 Å². The fourth-order valence-corrected chi connectivity index (χ4v) is 2.49. The highest BCUT2D eigenvalue weighted by molar-refractivity contribution is 6.33. The van der Waals surface area contributed by atoms with Gasteiger partial charge in [0, 0.05) is 0 Å². The topological polar surface area (TPSA) is 62.5 Å². The maximum atomic E-state index is 12.5. The molecular weight excluding hydrogens is 335 g/mol. The maximum Gasteiger partial charge on any atom is 0.299 e. The van der Waals surface area contributed by atoms with Crippen molar-refractivity contribution in [2.75, 3.05) is 0 Å². The molecule has 1 aromatic heterocycles. The number of para-hydroxylation sites is 1. The number of aromatic amines is 1. The number of azo groups is 1. The first-order valence-electron chi connectivity index (χ1n) is 6.80. The zero-order valence-corrected chi connectivity index (χ0v) is 13.6. The Hall–Kier alpha value is -2.37. The SMILES string of the molecule is Cc1[nH]n(-c2ccccc2Cl)c(=O)c1N=Nc1ccccc1Cl. The number of hydrogen-bond acceptors (Lipinski definition) is 3. The average molecular weight is 347 g/mol. The summed E-state index contributed by atoms with van der Waals surface area (Å²) in [7, 11) is 0. The van der Waals surface area contributed by atoms with Gasteiger partial charge in [-0.1, -0.05) is 47.5 Å². The number of aromatic nitrogens is 2. The van der Waals surface area contributed by atoms with Gasteiger partial charge in [0.15, 0.2) is 5.69 Å². The van der Waals surface area contributed by atoms with Crippen molar-refractivity contribution >= 4 is 34.6 Å². The molecule has 0 radical (unpaired) electrons. The highest BCUT2D eigenvalue weighted by Crippen LogP contribution is 2.26. The summed E-state index contributed by atoms with van der Waals surface area (Å²) < 4.78 is 1.35. The van der Waals surface area contributed by atoms with E-state index < -0.39 is 0 Å². The number of nitrogens with one attached hydrogen (secondary N) is 1. The van der Waals surface area contributed by atoms with E-state index in [0.717, 1.165) is 0 Å². The lowest BCUT2D eigenvalue weighted by Gasteiger charge is -2.02. The van der Waals surface area contributed by atoms with E-state index >= 15 is 0 Å². The summed E-state index contributed by atoms with van der Waals surface area (Å²) in [6, 6.07) is 14.1. The third kappa shape index (κ3) is 3.06. The molecule has 0 aliphatic rings. The standard InChI is InChI=1S/C16H12Cl2N4O/c1-10-15(20-19-13-8-4-2-6-11(13)17)16(23)22(21-10)14-9-5-3-7-12(14)18/h2-9,21H,1H3. The van der Waals surface area contributed by atoms with Crippen molar-refractivity contribution in [3.63, 3.8) is 0 Å². The summed E-state index contributed by atoms with van der Waals surface area (Å²) in [5.74, 6) is 0. The van der Waals surface area contributed by atoms with Crippen molar-refractivity contribution in [2.24, 2.45) is 10.2 Å². The van der Waals surface area contributed by atoms with Crippen molar-refractivity contribution in [3.05, 3.63) is 74.6 Å². The Morgan fingerprint density at radius 2 is 1.61 bits per heavy atom. The van der Waals surface area contributed by atoms with Crippen LogP contribution in [-0.2, 0) is 0 Å². The molecule has 0 fully saturated rings. The van der Waals surface area contributed by atoms with Crippen molar-refractivity contribution in [3.8, 4) is 5.69 Å². The van der Waals surface area contributed by atoms with Crippen LogP contribution in [0.15, 0.2) is 63.6 Å². The first-order chi connectivity index (χ1) is 11.1. The molecule has 3 aromatic rings. The second kappa shape index (κ2) is 6.40. The molecule has 0 amide bonds. The zero-order chi connectivity index (χ0) is 16.4. The Balaban J connectivity index is 2.04. The van der Waals surface area contributed by atoms with Crippen LogP contribution in [-0.4, -0.2) is 9.78 Å². The highest BCUT2D eigenvalue weighted by atomic mass is 35.5. The van der Waals surface area contributed by atoms with E-state index in [1.165, 1.54) is 4.68 Å². The molecule has 7 heteroatoms. The molecule has 0 spiro atoms. The van der Waals surface area contributed by atoms with Crippen molar-refractivity contribution < 1.29 is 0 Å². The molecule has 0 unspecified atom stereocenters. The lowest BCUT2D eigenvalue weighted by atomic mass is 10.3. The number of benzene rings is 2. The molecule has 5 nitrogen and oxygen atoms in total. The summed E-state index contributed by atoms with van der Waals surface area (Å²) in [5.41, 5.74) is 1.53. The van der Waals surface area contributed by atoms with E-state index in [2.05, 4.69) is 15.3 Å². The second-order valence-corrected chi connectivity index (χ2v) is 5.64. The summed E-state index contributed by atoms with van der Waals surface area (Å²) in [6.45, 7) is 1.75. The lowest BCUT2D eigenvalue weighted by molar-refractivity contribution is 0.835. The minimum atomic E-state index is -0.327. The van der Waals surface area contributed by atoms with E-state index in [4.69, 9.17) is 23.2 Å². The maximum absolute atomic E-state index is 12.5.